The molecule has 1 saturated heterocycles. The van der Waals surface area contributed by atoms with Crippen LogP contribution in [-0.4, -0.2) is 16.1 Å². The highest BCUT2D eigenvalue weighted by atomic mass is 15.1. The second-order valence-corrected chi connectivity index (χ2v) is 3.97. The number of aryl methyl sites for hydroxylation is 1. The smallest absolute Gasteiger partial charge is 0.0948 e. The SMILES string of the molecule is C#CCCCn1cncc1C1CCCN1. The number of hydrogen-bond donors (Lipinski definition) is 1. The summed E-state index contributed by atoms with van der Waals surface area (Å²) in [7, 11) is 0. The molecule has 0 aliphatic carbocycles. The standard InChI is InChI=1S/C12H17N3/c1-2-3-4-8-15-10-13-9-12(15)11-6-5-7-14-11/h1,9-11,14H,3-8H2. The van der Waals surface area contributed by atoms with Crippen LogP contribution in [0.2, 0.25) is 0 Å². The Balaban J connectivity index is 1.98. The van der Waals surface area contributed by atoms with Gasteiger partial charge in [0.1, 0.15) is 0 Å². The van der Waals surface area contributed by atoms with E-state index >= 15 is 0 Å². The molecule has 80 valence electrons. The van der Waals surface area contributed by atoms with Crippen molar-refractivity contribution < 1.29 is 0 Å². The van der Waals surface area contributed by atoms with E-state index in [1.807, 2.05) is 12.5 Å². The van der Waals surface area contributed by atoms with Crippen LogP contribution in [0.25, 0.3) is 0 Å². The van der Waals surface area contributed by atoms with Gasteiger partial charge in [-0.05, 0) is 25.8 Å². The molecule has 2 rings (SSSR count). The van der Waals surface area contributed by atoms with Crippen LogP contribution in [0.4, 0.5) is 0 Å². The zero-order valence-electron chi connectivity index (χ0n) is 8.95. The molecule has 1 fully saturated rings. The first-order chi connectivity index (χ1) is 7.42. The van der Waals surface area contributed by atoms with Gasteiger partial charge in [-0.2, -0.15) is 0 Å². The fourth-order valence-corrected chi connectivity index (χ4v) is 2.10. The monoisotopic (exact) mass is 203 g/mol. The van der Waals surface area contributed by atoms with Crippen LogP contribution in [0.5, 0.6) is 0 Å². The fourth-order valence-electron chi connectivity index (χ4n) is 2.10. The molecule has 2 heterocycles. The first-order valence-corrected chi connectivity index (χ1v) is 5.58. The third kappa shape index (κ3) is 2.40. The van der Waals surface area contributed by atoms with Gasteiger partial charge in [0.05, 0.1) is 12.0 Å². The predicted molar refractivity (Wildman–Crippen MR) is 60.3 cm³/mol. The molecule has 1 aromatic rings. The van der Waals surface area contributed by atoms with Crippen molar-refractivity contribution in [3.05, 3.63) is 18.2 Å². The third-order valence-corrected chi connectivity index (χ3v) is 2.88. The Hall–Kier alpha value is -1.27. The number of terminal acetylenes is 1. The van der Waals surface area contributed by atoms with Gasteiger partial charge in [0, 0.05) is 25.2 Å². The Kier molecular flexibility index (Phi) is 3.41. The molecular formula is C12H17N3. The minimum Gasteiger partial charge on any atom is -0.333 e. The first kappa shape index (κ1) is 10.3. The number of imidazole rings is 1. The molecule has 1 aliphatic heterocycles. The lowest BCUT2D eigenvalue weighted by atomic mass is 10.1. The average Bonchev–Trinajstić information content (AvgIpc) is 2.87. The van der Waals surface area contributed by atoms with Crippen LogP contribution in [0.1, 0.15) is 37.4 Å². The van der Waals surface area contributed by atoms with Gasteiger partial charge in [-0.15, -0.1) is 12.3 Å². The molecule has 3 heteroatoms. The fraction of sp³-hybridized carbons (Fsp3) is 0.583. The number of aromatic nitrogens is 2. The third-order valence-electron chi connectivity index (χ3n) is 2.88. The van der Waals surface area contributed by atoms with Gasteiger partial charge >= 0.3 is 0 Å². The zero-order valence-corrected chi connectivity index (χ0v) is 8.95. The van der Waals surface area contributed by atoms with E-state index in [-0.39, 0.29) is 0 Å². The summed E-state index contributed by atoms with van der Waals surface area (Å²) in [5.41, 5.74) is 1.31. The Morgan fingerprint density at radius 1 is 1.67 bits per heavy atom. The summed E-state index contributed by atoms with van der Waals surface area (Å²) in [6.07, 6.45) is 13.5. The molecule has 15 heavy (non-hydrogen) atoms. The van der Waals surface area contributed by atoms with Gasteiger partial charge < -0.3 is 9.88 Å². The summed E-state index contributed by atoms with van der Waals surface area (Å²) in [6.45, 7) is 2.11. The zero-order chi connectivity index (χ0) is 10.5. The van der Waals surface area contributed by atoms with Gasteiger partial charge in [-0.25, -0.2) is 4.98 Å². The van der Waals surface area contributed by atoms with E-state index in [4.69, 9.17) is 6.42 Å². The number of hydrogen-bond acceptors (Lipinski definition) is 2. The topological polar surface area (TPSA) is 29.9 Å². The molecule has 0 radical (unpaired) electrons. The minimum absolute atomic E-state index is 0.498. The summed E-state index contributed by atoms with van der Waals surface area (Å²) in [5, 5.41) is 3.49. The quantitative estimate of drug-likeness (QED) is 0.596. The lowest BCUT2D eigenvalue weighted by Crippen LogP contribution is -2.16. The molecule has 0 aromatic carbocycles. The second-order valence-electron chi connectivity index (χ2n) is 3.97. The van der Waals surface area contributed by atoms with Crippen molar-refractivity contribution in [3.63, 3.8) is 0 Å². The first-order valence-electron chi connectivity index (χ1n) is 5.58. The second kappa shape index (κ2) is 4.99. The summed E-state index contributed by atoms with van der Waals surface area (Å²) >= 11 is 0. The maximum atomic E-state index is 5.24. The molecule has 0 spiro atoms. The minimum atomic E-state index is 0.498. The van der Waals surface area contributed by atoms with E-state index < -0.39 is 0 Å². The summed E-state index contributed by atoms with van der Waals surface area (Å²) in [4.78, 5) is 4.22. The van der Waals surface area contributed by atoms with Crippen molar-refractivity contribution >= 4 is 0 Å². The molecule has 1 N–H and O–H groups in total. The van der Waals surface area contributed by atoms with Crippen LogP contribution in [-0.2, 0) is 6.54 Å². The normalized spacial score (nSPS) is 20.3. The predicted octanol–water partition coefficient (Wildman–Crippen LogP) is 1.72. The Morgan fingerprint density at radius 2 is 2.60 bits per heavy atom. The van der Waals surface area contributed by atoms with E-state index in [0.29, 0.717) is 6.04 Å². The lowest BCUT2D eigenvalue weighted by molar-refractivity contribution is 0.552. The van der Waals surface area contributed by atoms with Crippen molar-refractivity contribution in [2.45, 2.75) is 38.3 Å². The molecule has 1 unspecified atom stereocenters. The van der Waals surface area contributed by atoms with E-state index in [9.17, 15) is 0 Å². The van der Waals surface area contributed by atoms with E-state index in [1.165, 1.54) is 18.5 Å². The molecule has 1 aromatic heterocycles. The summed E-state index contributed by atoms with van der Waals surface area (Å²) < 4.78 is 2.22. The van der Waals surface area contributed by atoms with Gasteiger partial charge in [0.25, 0.3) is 0 Å². The Morgan fingerprint density at radius 3 is 3.33 bits per heavy atom. The molecule has 3 nitrogen and oxygen atoms in total. The van der Waals surface area contributed by atoms with Crippen molar-refractivity contribution in [3.8, 4) is 12.3 Å². The van der Waals surface area contributed by atoms with Crippen LogP contribution in [0, 0.1) is 12.3 Å². The van der Waals surface area contributed by atoms with Crippen LogP contribution < -0.4 is 5.32 Å². The average molecular weight is 203 g/mol. The molecule has 1 atom stereocenters. The maximum absolute atomic E-state index is 5.24. The van der Waals surface area contributed by atoms with Crippen molar-refractivity contribution in [2.24, 2.45) is 0 Å². The van der Waals surface area contributed by atoms with Gasteiger partial charge in [0.2, 0.25) is 0 Å². The summed E-state index contributed by atoms with van der Waals surface area (Å²) in [6, 6.07) is 0.498. The van der Waals surface area contributed by atoms with E-state index in [1.54, 1.807) is 0 Å². The number of rotatable bonds is 4. The Labute approximate surface area is 90.9 Å². The van der Waals surface area contributed by atoms with Gasteiger partial charge in [-0.1, -0.05) is 0 Å². The molecule has 0 saturated carbocycles. The van der Waals surface area contributed by atoms with Gasteiger partial charge in [-0.3, -0.25) is 0 Å². The van der Waals surface area contributed by atoms with Crippen molar-refractivity contribution in [1.82, 2.24) is 14.9 Å². The van der Waals surface area contributed by atoms with Crippen LogP contribution in [0.15, 0.2) is 12.5 Å². The van der Waals surface area contributed by atoms with Gasteiger partial charge in [0.15, 0.2) is 0 Å². The molecule has 0 amide bonds. The maximum Gasteiger partial charge on any atom is 0.0948 e. The number of nitrogens with one attached hydrogen (secondary N) is 1. The van der Waals surface area contributed by atoms with E-state index in [0.717, 1.165) is 25.9 Å². The number of nitrogens with zero attached hydrogens (tertiary/aromatic N) is 2. The molecular weight excluding hydrogens is 186 g/mol. The Bertz CT molecular complexity index is 342. The lowest BCUT2D eigenvalue weighted by Gasteiger charge is -2.13. The van der Waals surface area contributed by atoms with Crippen molar-refractivity contribution in [1.29, 1.82) is 0 Å². The summed E-state index contributed by atoms with van der Waals surface area (Å²) in [5.74, 6) is 2.67. The highest BCUT2D eigenvalue weighted by Crippen LogP contribution is 2.22. The molecule has 1 aliphatic rings. The highest BCUT2D eigenvalue weighted by Gasteiger charge is 2.19. The van der Waals surface area contributed by atoms with E-state index in [2.05, 4.69) is 20.8 Å². The van der Waals surface area contributed by atoms with Crippen LogP contribution in [0.3, 0.4) is 0 Å². The number of unbranched alkanes of at least 4 members (excludes halogenated alkanes) is 1. The largest absolute Gasteiger partial charge is 0.333 e. The van der Waals surface area contributed by atoms with Crippen molar-refractivity contribution in [2.75, 3.05) is 6.54 Å². The highest BCUT2D eigenvalue weighted by molar-refractivity contribution is 5.07. The molecule has 0 bridgehead atoms. The van der Waals surface area contributed by atoms with Crippen LogP contribution >= 0.6 is 0 Å².